The quantitative estimate of drug-likeness (QED) is 0.595. The number of hydrogen-bond donors (Lipinski definition) is 0. The number of pyridine rings is 1. The maximum atomic E-state index is 5.84. The number of benzene rings is 2. The standard InChI is InChI=1S/C25H32N4O/c1-4-28-13-15-29(16-14-28)25-23-8-6-5-7-21(23)19-24(26-25)20-9-11-22(12-10-20)30-18-17-27(2)3/h5-12,19H,4,13-18H2,1-3H3. The summed E-state index contributed by atoms with van der Waals surface area (Å²) in [5.74, 6) is 2.00. The second kappa shape index (κ2) is 9.45. The number of nitrogens with zero attached hydrogens (tertiary/aromatic N) is 4. The summed E-state index contributed by atoms with van der Waals surface area (Å²) < 4.78 is 5.84. The highest BCUT2D eigenvalue weighted by Gasteiger charge is 2.19. The highest BCUT2D eigenvalue weighted by molar-refractivity contribution is 5.95. The first-order chi connectivity index (χ1) is 14.6. The molecular weight excluding hydrogens is 372 g/mol. The molecule has 5 heteroatoms. The fourth-order valence-electron chi connectivity index (χ4n) is 3.91. The third-order valence-electron chi connectivity index (χ3n) is 5.80. The summed E-state index contributed by atoms with van der Waals surface area (Å²) in [7, 11) is 4.11. The molecule has 2 aromatic carbocycles. The highest BCUT2D eigenvalue weighted by Crippen LogP contribution is 2.31. The number of likely N-dealkylation sites (N-methyl/N-ethyl adjacent to an activating group) is 2. The Morgan fingerprint density at radius 3 is 2.40 bits per heavy atom. The van der Waals surface area contributed by atoms with Crippen LogP contribution < -0.4 is 9.64 Å². The number of piperazine rings is 1. The fourth-order valence-corrected chi connectivity index (χ4v) is 3.91. The van der Waals surface area contributed by atoms with Crippen molar-refractivity contribution in [2.75, 3.05) is 64.9 Å². The van der Waals surface area contributed by atoms with Gasteiger partial charge in [-0.2, -0.15) is 0 Å². The van der Waals surface area contributed by atoms with Gasteiger partial charge in [0.15, 0.2) is 0 Å². The lowest BCUT2D eigenvalue weighted by Crippen LogP contribution is -2.46. The highest BCUT2D eigenvalue weighted by atomic mass is 16.5. The van der Waals surface area contributed by atoms with Crippen LogP contribution in [0.3, 0.4) is 0 Å². The minimum Gasteiger partial charge on any atom is -0.492 e. The molecule has 30 heavy (non-hydrogen) atoms. The number of rotatable bonds is 7. The van der Waals surface area contributed by atoms with Gasteiger partial charge in [-0.15, -0.1) is 0 Å². The molecule has 0 amide bonds. The van der Waals surface area contributed by atoms with Gasteiger partial charge in [0.1, 0.15) is 18.2 Å². The molecule has 1 aliphatic rings. The molecule has 0 aliphatic carbocycles. The van der Waals surface area contributed by atoms with Crippen LogP contribution in [-0.2, 0) is 0 Å². The fraction of sp³-hybridized carbons (Fsp3) is 0.400. The van der Waals surface area contributed by atoms with E-state index in [9.17, 15) is 0 Å². The minimum absolute atomic E-state index is 0.689. The van der Waals surface area contributed by atoms with E-state index in [1.165, 1.54) is 10.8 Å². The smallest absolute Gasteiger partial charge is 0.137 e. The first kappa shape index (κ1) is 20.6. The summed E-state index contributed by atoms with van der Waals surface area (Å²) in [6.07, 6.45) is 0. The Kier molecular flexibility index (Phi) is 6.50. The maximum Gasteiger partial charge on any atom is 0.137 e. The Bertz CT molecular complexity index is 963. The molecule has 0 saturated carbocycles. The summed E-state index contributed by atoms with van der Waals surface area (Å²) in [5, 5.41) is 2.47. The van der Waals surface area contributed by atoms with Gasteiger partial charge in [0.2, 0.25) is 0 Å². The lowest BCUT2D eigenvalue weighted by Gasteiger charge is -2.35. The molecule has 1 saturated heterocycles. The van der Waals surface area contributed by atoms with Crippen molar-refractivity contribution in [3.8, 4) is 17.0 Å². The first-order valence-corrected chi connectivity index (χ1v) is 10.9. The molecule has 0 spiro atoms. The molecule has 0 N–H and O–H groups in total. The molecule has 5 nitrogen and oxygen atoms in total. The van der Waals surface area contributed by atoms with Gasteiger partial charge >= 0.3 is 0 Å². The van der Waals surface area contributed by atoms with Crippen molar-refractivity contribution in [3.05, 3.63) is 54.6 Å². The zero-order chi connectivity index (χ0) is 20.9. The number of ether oxygens (including phenoxy) is 1. The van der Waals surface area contributed by atoms with Gasteiger partial charge in [0, 0.05) is 43.7 Å². The maximum absolute atomic E-state index is 5.84. The lowest BCUT2D eigenvalue weighted by atomic mass is 10.1. The molecule has 3 aromatic rings. The normalized spacial score (nSPS) is 15.1. The summed E-state index contributed by atoms with van der Waals surface area (Å²) in [4.78, 5) is 12.2. The van der Waals surface area contributed by atoms with Gasteiger partial charge in [-0.3, -0.25) is 0 Å². The predicted octanol–water partition coefficient (Wildman–Crippen LogP) is 3.98. The molecule has 1 fully saturated rings. The van der Waals surface area contributed by atoms with Crippen LogP contribution in [0.1, 0.15) is 6.92 Å². The van der Waals surface area contributed by atoms with Gasteiger partial charge in [0.05, 0.1) is 5.69 Å². The van der Waals surface area contributed by atoms with E-state index in [2.05, 4.69) is 78.2 Å². The van der Waals surface area contributed by atoms with Crippen LogP contribution in [0.25, 0.3) is 22.0 Å². The van der Waals surface area contributed by atoms with Gasteiger partial charge in [-0.05, 0) is 56.4 Å². The zero-order valence-corrected chi connectivity index (χ0v) is 18.3. The van der Waals surface area contributed by atoms with Crippen LogP contribution in [0.15, 0.2) is 54.6 Å². The first-order valence-electron chi connectivity index (χ1n) is 10.9. The summed E-state index contributed by atoms with van der Waals surface area (Å²) in [6.45, 7) is 9.17. The molecule has 0 atom stereocenters. The molecule has 0 radical (unpaired) electrons. The Hall–Kier alpha value is -2.63. The number of fused-ring (bicyclic) bond motifs is 1. The predicted molar refractivity (Wildman–Crippen MR) is 126 cm³/mol. The second-order valence-electron chi connectivity index (χ2n) is 8.15. The molecule has 158 valence electrons. The van der Waals surface area contributed by atoms with E-state index in [1.54, 1.807) is 0 Å². The molecule has 0 unspecified atom stereocenters. The van der Waals surface area contributed by atoms with Gasteiger partial charge in [0.25, 0.3) is 0 Å². The Morgan fingerprint density at radius 1 is 0.967 bits per heavy atom. The molecule has 1 aromatic heterocycles. The van der Waals surface area contributed by atoms with Crippen LogP contribution >= 0.6 is 0 Å². The van der Waals surface area contributed by atoms with Crippen LogP contribution in [0.5, 0.6) is 5.75 Å². The molecule has 1 aliphatic heterocycles. The van der Waals surface area contributed by atoms with Gasteiger partial charge < -0.3 is 19.4 Å². The van der Waals surface area contributed by atoms with Crippen LogP contribution in [0.2, 0.25) is 0 Å². The monoisotopic (exact) mass is 404 g/mol. The van der Waals surface area contributed by atoms with Gasteiger partial charge in [-0.25, -0.2) is 4.98 Å². The number of hydrogen-bond acceptors (Lipinski definition) is 5. The average Bonchev–Trinajstić information content (AvgIpc) is 2.78. The summed E-state index contributed by atoms with van der Waals surface area (Å²) in [5.41, 5.74) is 2.13. The van der Waals surface area contributed by atoms with Crippen molar-refractivity contribution in [3.63, 3.8) is 0 Å². The van der Waals surface area contributed by atoms with Crippen LogP contribution in [0.4, 0.5) is 5.82 Å². The summed E-state index contributed by atoms with van der Waals surface area (Å²) >= 11 is 0. The number of aromatic nitrogens is 1. The minimum atomic E-state index is 0.689. The van der Waals surface area contributed by atoms with E-state index in [4.69, 9.17) is 9.72 Å². The van der Waals surface area contributed by atoms with Crippen LogP contribution in [-0.4, -0.2) is 74.8 Å². The Labute approximate surface area is 179 Å². The lowest BCUT2D eigenvalue weighted by molar-refractivity contribution is 0.261. The Balaban J connectivity index is 1.60. The zero-order valence-electron chi connectivity index (χ0n) is 18.3. The molecule has 0 bridgehead atoms. The van der Waals surface area contributed by atoms with Crippen molar-refractivity contribution in [1.29, 1.82) is 0 Å². The second-order valence-corrected chi connectivity index (χ2v) is 8.15. The van der Waals surface area contributed by atoms with Crippen molar-refractivity contribution in [2.45, 2.75) is 6.92 Å². The van der Waals surface area contributed by atoms with E-state index >= 15 is 0 Å². The van der Waals surface area contributed by atoms with E-state index in [0.29, 0.717) is 6.61 Å². The van der Waals surface area contributed by atoms with E-state index < -0.39 is 0 Å². The topological polar surface area (TPSA) is 31.8 Å². The van der Waals surface area contributed by atoms with Gasteiger partial charge in [-0.1, -0.05) is 31.2 Å². The third kappa shape index (κ3) is 4.74. The SMILES string of the molecule is CCN1CCN(c2nc(-c3ccc(OCCN(C)C)cc3)cc3ccccc23)CC1. The largest absolute Gasteiger partial charge is 0.492 e. The van der Waals surface area contributed by atoms with Crippen molar-refractivity contribution in [1.82, 2.24) is 14.8 Å². The van der Waals surface area contributed by atoms with E-state index in [-0.39, 0.29) is 0 Å². The summed E-state index contributed by atoms with van der Waals surface area (Å²) in [6, 6.07) is 19.1. The van der Waals surface area contributed by atoms with Crippen molar-refractivity contribution >= 4 is 16.6 Å². The van der Waals surface area contributed by atoms with Crippen LogP contribution in [0, 0.1) is 0 Å². The van der Waals surface area contributed by atoms with E-state index in [1.807, 2.05) is 12.1 Å². The average molecular weight is 405 g/mol. The van der Waals surface area contributed by atoms with Crippen molar-refractivity contribution < 1.29 is 4.74 Å². The number of anilines is 1. The molecule has 4 rings (SSSR count). The Morgan fingerprint density at radius 2 is 1.70 bits per heavy atom. The van der Waals surface area contributed by atoms with Crippen molar-refractivity contribution in [2.24, 2.45) is 0 Å². The van der Waals surface area contributed by atoms with E-state index in [0.717, 1.165) is 62.1 Å². The molecule has 2 heterocycles. The third-order valence-corrected chi connectivity index (χ3v) is 5.80. The molecular formula is C25H32N4O.